The predicted octanol–water partition coefficient (Wildman–Crippen LogP) is 2.57. The van der Waals surface area contributed by atoms with Crippen molar-refractivity contribution in [3.05, 3.63) is 0 Å². The minimum absolute atomic E-state index is 0.546. The van der Waals surface area contributed by atoms with Gasteiger partial charge in [0.05, 0.1) is 0 Å². The number of likely N-dealkylation sites (N-methyl/N-ethyl adjacent to an activating group) is 1. The maximum absolute atomic E-state index is 3.86. The summed E-state index contributed by atoms with van der Waals surface area (Å²) < 4.78 is 0. The first-order valence-corrected chi connectivity index (χ1v) is 9.22. The highest BCUT2D eigenvalue weighted by atomic mass is 15.3. The number of hydrogen-bond donors (Lipinski definition) is 1. The largest absolute Gasteiger partial charge is 0.313 e. The highest BCUT2D eigenvalue weighted by molar-refractivity contribution is 4.94. The Balaban J connectivity index is 1.62. The van der Waals surface area contributed by atoms with Crippen LogP contribution in [0, 0.1) is 11.3 Å². The summed E-state index contributed by atoms with van der Waals surface area (Å²) in [6.45, 7) is 11.2. The van der Waals surface area contributed by atoms with Crippen LogP contribution in [0.4, 0.5) is 0 Å². The maximum atomic E-state index is 3.86. The molecule has 3 nitrogen and oxygen atoms in total. The van der Waals surface area contributed by atoms with Crippen LogP contribution in [-0.2, 0) is 0 Å². The molecule has 0 spiro atoms. The van der Waals surface area contributed by atoms with Gasteiger partial charge in [0, 0.05) is 44.8 Å². The van der Waals surface area contributed by atoms with Crippen molar-refractivity contribution in [1.29, 1.82) is 0 Å². The molecule has 2 saturated carbocycles. The van der Waals surface area contributed by atoms with Crippen LogP contribution in [0.1, 0.15) is 52.4 Å². The van der Waals surface area contributed by atoms with Gasteiger partial charge in [-0.2, -0.15) is 0 Å². The van der Waals surface area contributed by atoms with E-state index in [0.717, 1.165) is 18.0 Å². The van der Waals surface area contributed by atoms with Gasteiger partial charge in [-0.3, -0.25) is 4.90 Å². The molecule has 122 valence electrons. The fourth-order valence-electron chi connectivity index (χ4n) is 4.62. The number of nitrogens with zero attached hydrogens (tertiary/aromatic N) is 2. The second kappa shape index (κ2) is 6.55. The van der Waals surface area contributed by atoms with Crippen molar-refractivity contribution in [3.63, 3.8) is 0 Å². The molecule has 21 heavy (non-hydrogen) atoms. The molecule has 0 aromatic carbocycles. The van der Waals surface area contributed by atoms with Crippen molar-refractivity contribution >= 4 is 0 Å². The number of hydrogen-bond acceptors (Lipinski definition) is 3. The summed E-state index contributed by atoms with van der Waals surface area (Å²) in [6, 6.07) is 1.57. The Bertz CT molecular complexity index is 341. The summed E-state index contributed by atoms with van der Waals surface area (Å²) in [6.07, 6.45) is 8.59. The molecule has 0 radical (unpaired) electrons. The highest BCUT2D eigenvalue weighted by Gasteiger charge is 2.39. The standard InChI is InChI=1S/C18H35N3/c1-15-5-4-8-18(11-15,13-19-17-6-7-17)14-21-10-9-20(3)12-16(21)2/h15-17,19H,4-14H2,1-3H3. The van der Waals surface area contributed by atoms with Crippen molar-refractivity contribution in [2.75, 3.05) is 39.8 Å². The third kappa shape index (κ3) is 4.20. The predicted molar refractivity (Wildman–Crippen MR) is 89.6 cm³/mol. The van der Waals surface area contributed by atoms with Gasteiger partial charge < -0.3 is 10.2 Å². The van der Waals surface area contributed by atoms with Gasteiger partial charge in [0.2, 0.25) is 0 Å². The van der Waals surface area contributed by atoms with Crippen molar-refractivity contribution in [3.8, 4) is 0 Å². The summed E-state index contributed by atoms with van der Waals surface area (Å²) in [5.74, 6) is 0.919. The molecule has 1 heterocycles. The highest BCUT2D eigenvalue weighted by Crippen LogP contribution is 2.40. The first-order valence-electron chi connectivity index (χ1n) is 9.22. The fraction of sp³-hybridized carbons (Fsp3) is 1.00. The van der Waals surface area contributed by atoms with E-state index in [1.165, 1.54) is 71.2 Å². The summed E-state index contributed by atoms with van der Waals surface area (Å²) in [4.78, 5) is 5.27. The minimum Gasteiger partial charge on any atom is -0.313 e. The topological polar surface area (TPSA) is 18.5 Å². The van der Waals surface area contributed by atoms with Crippen LogP contribution in [0.5, 0.6) is 0 Å². The molecule has 0 amide bonds. The fourth-order valence-corrected chi connectivity index (χ4v) is 4.62. The van der Waals surface area contributed by atoms with Crippen LogP contribution in [0.25, 0.3) is 0 Å². The zero-order chi connectivity index (χ0) is 14.9. The third-order valence-electron chi connectivity index (χ3n) is 6.04. The molecule has 2 aliphatic carbocycles. The minimum atomic E-state index is 0.546. The van der Waals surface area contributed by atoms with Gasteiger partial charge in [-0.15, -0.1) is 0 Å². The van der Waals surface area contributed by atoms with Gasteiger partial charge in [0.25, 0.3) is 0 Å². The Morgan fingerprint density at radius 2 is 1.95 bits per heavy atom. The molecule has 3 fully saturated rings. The molecule has 3 unspecified atom stereocenters. The molecule has 1 aliphatic heterocycles. The van der Waals surface area contributed by atoms with E-state index in [4.69, 9.17) is 0 Å². The van der Waals surface area contributed by atoms with Crippen molar-refractivity contribution < 1.29 is 0 Å². The summed E-state index contributed by atoms with van der Waals surface area (Å²) >= 11 is 0. The molecule has 1 saturated heterocycles. The lowest BCUT2D eigenvalue weighted by Gasteiger charge is -2.47. The zero-order valence-corrected chi connectivity index (χ0v) is 14.4. The lowest BCUT2D eigenvalue weighted by molar-refractivity contribution is 0.0263. The van der Waals surface area contributed by atoms with Gasteiger partial charge in [-0.25, -0.2) is 0 Å². The third-order valence-corrected chi connectivity index (χ3v) is 6.04. The van der Waals surface area contributed by atoms with Gasteiger partial charge in [-0.1, -0.05) is 19.8 Å². The molecule has 0 aromatic heterocycles. The average molecular weight is 293 g/mol. The Labute approximate surface area is 131 Å². The zero-order valence-electron chi connectivity index (χ0n) is 14.4. The maximum Gasteiger partial charge on any atom is 0.0195 e. The monoisotopic (exact) mass is 293 g/mol. The number of piperazine rings is 1. The number of nitrogens with one attached hydrogen (secondary N) is 1. The summed E-state index contributed by atoms with van der Waals surface area (Å²) in [5, 5.41) is 3.86. The lowest BCUT2D eigenvalue weighted by Crippen LogP contribution is -2.56. The normalized spacial score (nSPS) is 39.6. The van der Waals surface area contributed by atoms with E-state index in [2.05, 4.69) is 36.0 Å². The van der Waals surface area contributed by atoms with E-state index >= 15 is 0 Å². The Kier molecular flexibility index (Phi) is 4.92. The lowest BCUT2D eigenvalue weighted by atomic mass is 9.69. The van der Waals surface area contributed by atoms with Crippen LogP contribution in [0.3, 0.4) is 0 Å². The van der Waals surface area contributed by atoms with E-state index in [1.54, 1.807) is 0 Å². The summed E-state index contributed by atoms with van der Waals surface area (Å²) in [5.41, 5.74) is 0.546. The van der Waals surface area contributed by atoms with E-state index < -0.39 is 0 Å². The van der Waals surface area contributed by atoms with E-state index in [0.29, 0.717) is 5.41 Å². The van der Waals surface area contributed by atoms with Crippen molar-refractivity contribution in [2.24, 2.45) is 11.3 Å². The van der Waals surface area contributed by atoms with Crippen LogP contribution in [-0.4, -0.2) is 61.7 Å². The smallest absolute Gasteiger partial charge is 0.0195 e. The molecular formula is C18H35N3. The van der Waals surface area contributed by atoms with Gasteiger partial charge in [0.1, 0.15) is 0 Å². The first kappa shape index (κ1) is 15.8. The Hall–Kier alpha value is -0.120. The molecule has 3 aliphatic rings. The second-order valence-corrected chi connectivity index (χ2v) is 8.44. The van der Waals surface area contributed by atoms with E-state index in [9.17, 15) is 0 Å². The van der Waals surface area contributed by atoms with Crippen molar-refractivity contribution in [2.45, 2.75) is 64.5 Å². The quantitative estimate of drug-likeness (QED) is 0.840. The van der Waals surface area contributed by atoms with Gasteiger partial charge in [0.15, 0.2) is 0 Å². The molecule has 1 N–H and O–H groups in total. The molecule has 3 atom stereocenters. The van der Waals surface area contributed by atoms with E-state index in [-0.39, 0.29) is 0 Å². The number of rotatable bonds is 5. The second-order valence-electron chi connectivity index (χ2n) is 8.44. The first-order chi connectivity index (χ1) is 10.1. The molecule has 0 bridgehead atoms. The van der Waals surface area contributed by atoms with E-state index in [1.807, 2.05) is 0 Å². The molecule has 3 heteroatoms. The van der Waals surface area contributed by atoms with Crippen LogP contribution in [0.15, 0.2) is 0 Å². The SMILES string of the molecule is CC1CCCC(CNC2CC2)(CN2CCN(C)CC2C)C1. The molecule has 3 rings (SSSR count). The van der Waals surface area contributed by atoms with Crippen LogP contribution >= 0.6 is 0 Å². The summed E-state index contributed by atoms with van der Waals surface area (Å²) in [7, 11) is 2.26. The van der Waals surface area contributed by atoms with Crippen LogP contribution < -0.4 is 5.32 Å². The van der Waals surface area contributed by atoms with Gasteiger partial charge in [-0.05, 0) is 51.0 Å². The molecule has 0 aromatic rings. The van der Waals surface area contributed by atoms with Crippen LogP contribution in [0.2, 0.25) is 0 Å². The Morgan fingerprint density at radius 1 is 1.14 bits per heavy atom. The van der Waals surface area contributed by atoms with Gasteiger partial charge >= 0.3 is 0 Å². The van der Waals surface area contributed by atoms with Crippen molar-refractivity contribution in [1.82, 2.24) is 15.1 Å². The average Bonchev–Trinajstić information content (AvgIpc) is 3.24. The Morgan fingerprint density at radius 3 is 2.62 bits per heavy atom. The molecular weight excluding hydrogens is 258 g/mol.